The van der Waals surface area contributed by atoms with Gasteiger partial charge in [0.25, 0.3) is 0 Å². The summed E-state index contributed by atoms with van der Waals surface area (Å²) in [4.78, 5) is 4.61. The smallest absolute Gasteiger partial charge is 0.140 e. The van der Waals surface area contributed by atoms with Crippen LogP contribution in [0.15, 0.2) is 42.5 Å². The molecule has 0 aliphatic rings. The number of aryl methyl sites for hydroxylation is 1. The standard InChI is InChI=1S/C16H16FN3/c1-10(18)12-5-8-14-15(9-12)20(2)16(19-14)11-3-6-13(17)7-4-11/h3-10H,18H2,1-2H3. The van der Waals surface area contributed by atoms with E-state index in [2.05, 4.69) is 11.1 Å². The summed E-state index contributed by atoms with van der Waals surface area (Å²) < 4.78 is 15.0. The number of rotatable bonds is 2. The second-order valence-corrected chi connectivity index (χ2v) is 5.04. The molecule has 3 aromatic rings. The Morgan fingerprint density at radius 2 is 1.85 bits per heavy atom. The predicted octanol–water partition coefficient (Wildman–Crippen LogP) is 3.40. The van der Waals surface area contributed by atoms with E-state index in [0.717, 1.165) is 28.0 Å². The molecule has 2 N–H and O–H groups in total. The van der Waals surface area contributed by atoms with Gasteiger partial charge in [0.05, 0.1) is 11.0 Å². The number of hydrogen-bond acceptors (Lipinski definition) is 2. The predicted molar refractivity (Wildman–Crippen MR) is 78.7 cm³/mol. The molecule has 3 rings (SSSR count). The first kappa shape index (κ1) is 12.8. The Morgan fingerprint density at radius 1 is 1.15 bits per heavy atom. The molecule has 0 radical (unpaired) electrons. The van der Waals surface area contributed by atoms with E-state index in [1.165, 1.54) is 12.1 Å². The van der Waals surface area contributed by atoms with Crippen LogP contribution >= 0.6 is 0 Å². The minimum atomic E-state index is -0.244. The zero-order valence-electron chi connectivity index (χ0n) is 11.5. The largest absolute Gasteiger partial charge is 0.327 e. The van der Waals surface area contributed by atoms with Crippen LogP contribution in [0, 0.1) is 5.82 Å². The van der Waals surface area contributed by atoms with Gasteiger partial charge in [-0.3, -0.25) is 0 Å². The van der Waals surface area contributed by atoms with Crippen LogP contribution in [0.1, 0.15) is 18.5 Å². The third kappa shape index (κ3) is 2.08. The van der Waals surface area contributed by atoms with Crippen LogP contribution in [0.3, 0.4) is 0 Å². The third-order valence-corrected chi connectivity index (χ3v) is 3.53. The lowest BCUT2D eigenvalue weighted by Gasteiger charge is -2.06. The Labute approximate surface area is 116 Å². The SMILES string of the molecule is CC(N)c1ccc2nc(-c3ccc(F)cc3)n(C)c2c1. The van der Waals surface area contributed by atoms with Crippen molar-refractivity contribution in [3.8, 4) is 11.4 Å². The number of hydrogen-bond donors (Lipinski definition) is 1. The quantitative estimate of drug-likeness (QED) is 0.775. The highest BCUT2D eigenvalue weighted by atomic mass is 19.1. The Kier molecular flexibility index (Phi) is 3.03. The molecule has 3 nitrogen and oxygen atoms in total. The molecule has 0 fully saturated rings. The average Bonchev–Trinajstić information content (AvgIpc) is 2.76. The summed E-state index contributed by atoms with van der Waals surface area (Å²) in [5.74, 6) is 0.577. The molecule has 0 spiro atoms. The van der Waals surface area contributed by atoms with Gasteiger partial charge >= 0.3 is 0 Å². The Bertz CT molecular complexity index is 757. The minimum Gasteiger partial charge on any atom is -0.327 e. The summed E-state index contributed by atoms with van der Waals surface area (Å²) in [6.45, 7) is 1.96. The molecule has 1 unspecified atom stereocenters. The molecule has 2 aromatic carbocycles. The van der Waals surface area contributed by atoms with Crippen molar-refractivity contribution in [2.45, 2.75) is 13.0 Å². The van der Waals surface area contributed by atoms with E-state index in [0.29, 0.717) is 0 Å². The van der Waals surface area contributed by atoms with Gasteiger partial charge < -0.3 is 10.3 Å². The first-order chi connectivity index (χ1) is 9.56. The maximum atomic E-state index is 13.0. The van der Waals surface area contributed by atoms with Gasteiger partial charge in [-0.05, 0) is 48.9 Å². The topological polar surface area (TPSA) is 43.8 Å². The Morgan fingerprint density at radius 3 is 2.50 bits per heavy atom. The molecule has 0 saturated carbocycles. The van der Waals surface area contributed by atoms with Crippen LogP contribution in [0.4, 0.5) is 4.39 Å². The second-order valence-electron chi connectivity index (χ2n) is 5.04. The number of aromatic nitrogens is 2. The van der Waals surface area contributed by atoms with Crippen molar-refractivity contribution in [1.82, 2.24) is 9.55 Å². The van der Waals surface area contributed by atoms with E-state index in [-0.39, 0.29) is 11.9 Å². The van der Waals surface area contributed by atoms with Gasteiger partial charge in [-0.25, -0.2) is 9.37 Å². The monoisotopic (exact) mass is 269 g/mol. The van der Waals surface area contributed by atoms with E-state index >= 15 is 0 Å². The molecule has 4 heteroatoms. The second kappa shape index (κ2) is 4.72. The molecule has 0 aliphatic heterocycles. The summed E-state index contributed by atoms with van der Waals surface area (Å²) in [5, 5.41) is 0. The van der Waals surface area contributed by atoms with Crippen molar-refractivity contribution in [3.05, 3.63) is 53.8 Å². The fourth-order valence-corrected chi connectivity index (χ4v) is 2.35. The molecule has 0 saturated heterocycles. The van der Waals surface area contributed by atoms with Crippen LogP contribution in [0.25, 0.3) is 22.4 Å². The maximum Gasteiger partial charge on any atom is 0.140 e. The van der Waals surface area contributed by atoms with Gasteiger partial charge in [0.15, 0.2) is 0 Å². The number of benzene rings is 2. The molecule has 0 aliphatic carbocycles. The molecule has 0 amide bonds. The van der Waals surface area contributed by atoms with E-state index in [4.69, 9.17) is 5.73 Å². The number of halogens is 1. The van der Waals surface area contributed by atoms with Gasteiger partial charge in [0.2, 0.25) is 0 Å². The first-order valence-electron chi connectivity index (χ1n) is 6.54. The lowest BCUT2D eigenvalue weighted by atomic mass is 10.1. The summed E-state index contributed by atoms with van der Waals surface area (Å²) in [7, 11) is 1.96. The summed E-state index contributed by atoms with van der Waals surface area (Å²) in [6, 6.07) is 12.4. The fourth-order valence-electron chi connectivity index (χ4n) is 2.35. The molecule has 0 bridgehead atoms. The Hall–Kier alpha value is -2.20. The average molecular weight is 269 g/mol. The molecule has 102 valence electrons. The van der Waals surface area contributed by atoms with Gasteiger partial charge in [-0.15, -0.1) is 0 Å². The van der Waals surface area contributed by atoms with E-state index < -0.39 is 0 Å². The lowest BCUT2D eigenvalue weighted by Crippen LogP contribution is -2.04. The molecular formula is C16H16FN3. The van der Waals surface area contributed by atoms with E-state index in [1.807, 2.05) is 30.7 Å². The van der Waals surface area contributed by atoms with Gasteiger partial charge in [0, 0.05) is 18.7 Å². The molecule has 1 aromatic heterocycles. The van der Waals surface area contributed by atoms with Crippen LogP contribution in [-0.4, -0.2) is 9.55 Å². The van der Waals surface area contributed by atoms with Crippen molar-refractivity contribution in [1.29, 1.82) is 0 Å². The fraction of sp³-hybridized carbons (Fsp3) is 0.188. The maximum absolute atomic E-state index is 13.0. The van der Waals surface area contributed by atoms with Crippen molar-refractivity contribution >= 4 is 11.0 Å². The van der Waals surface area contributed by atoms with Gasteiger partial charge in [-0.2, -0.15) is 0 Å². The number of imidazole rings is 1. The Balaban J connectivity index is 2.17. The van der Waals surface area contributed by atoms with Gasteiger partial charge in [-0.1, -0.05) is 6.07 Å². The van der Waals surface area contributed by atoms with E-state index in [1.54, 1.807) is 12.1 Å². The van der Waals surface area contributed by atoms with Crippen LogP contribution in [0.5, 0.6) is 0 Å². The summed E-state index contributed by atoms with van der Waals surface area (Å²) in [5.41, 5.74) is 9.83. The zero-order chi connectivity index (χ0) is 14.3. The highest BCUT2D eigenvalue weighted by molar-refractivity contribution is 5.81. The molecular weight excluding hydrogens is 253 g/mol. The molecule has 1 atom stereocenters. The van der Waals surface area contributed by atoms with Crippen LogP contribution < -0.4 is 5.73 Å². The van der Waals surface area contributed by atoms with Crippen LogP contribution in [-0.2, 0) is 7.05 Å². The highest BCUT2D eigenvalue weighted by Gasteiger charge is 2.11. The van der Waals surface area contributed by atoms with Gasteiger partial charge in [0.1, 0.15) is 11.6 Å². The van der Waals surface area contributed by atoms with Crippen LogP contribution in [0.2, 0.25) is 0 Å². The lowest BCUT2D eigenvalue weighted by molar-refractivity contribution is 0.628. The normalized spacial score (nSPS) is 12.8. The zero-order valence-corrected chi connectivity index (χ0v) is 11.5. The molecule has 1 heterocycles. The molecule has 20 heavy (non-hydrogen) atoms. The van der Waals surface area contributed by atoms with Crippen molar-refractivity contribution < 1.29 is 4.39 Å². The highest BCUT2D eigenvalue weighted by Crippen LogP contribution is 2.25. The first-order valence-corrected chi connectivity index (χ1v) is 6.54. The van der Waals surface area contributed by atoms with Crippen molar-refractivity contribution in [2.24, 2.45) is 12.8 Å². The third-order valence-electron chi connectivity index (χ3n) is 3.53. The minimum absolute atomic E-state index is 0.0106. The van der Waals surface area contributed by atoms with Crippen molar-refractivity contribution in [2.75, 3.05) is 0 Å². The number of nitrogens with zero attached hydrogens (tertiary/aromatic N) is 2. The number of fused-ring (bicyclic) bond motifs is 1. The van der Waals surface area contributed by atoms with E-state index in [9.17, 15) is 4.39 Å². The number of nitrogens with two attached hydrogens (primary N) is 1. The van der Waals surface area contributed by atoms with Crippen molar-refractivity contribution in [3.63, 3.8) is 0 Å². The summed E-state index contributed by atoms with van der Waals surface area (Å²) >= 11 is 0. The summed E-state index contributed by atoms with van der Waals surface area (Å²) in [6.07, 6.45) is 0.